The van der Waals surface area contributed by atoms with Crippen molar-refractivity contribution in [1.29, 1.82) is 0 Å². The second-order valence-electron chi connectivity index (χ2n) is 6.60. The quantitative estimate of drug-likeness (QED) is 0.160. The molecule has 2 aromatic heterocycles. The SMILES string of the molecule is C=CCn1c2ccccc2n2nc(C)c(C(=O)/C=C/c3ccccc3[N+](=O)[O-])c12. The van der Waals surface area contributed by atoms with E-state index >= 15 is 0 Å². The lowest BCUT2D eigenvalue weighted by Gasteiger charge is -2.03. The van der Waals surface area contributed by atoms with Gasteiger partial charge in [-0.3, -0.25) is 14.9 Å². The van der Waals surface area contributed by atoms with Gasteiger partial charge in [-0.05, 0) is 37.3 Å². The van der Waals surface area contributed by atoms with Gasteiger partial charge in [-0.15, -0.1) is 6.58 Å². The molecule has 0 radical (unpaired) electrons. The number of carbonyl (C=O) groups is 1. The maximum Gasteiger partial charge on any atom is 0.276 e. The Balaban J connectivity index is 1.86. The van der Waals surface area contributed by atoms with Crippen molar-refractivity contribution in [2.24, 2.45) is 0 Å². The first-order valence-corrected chi connectivity index (χ1v) is 9.06. The van der Waals surface area contributed by atoms with Gasteiger partial charge in [0, 0.05) is 12.6 Å². The van der Waals surface area contributed by atoms with Gasteiger partial charge in [0.25, 0.3) is 5.69 Å². The van der Waals surface area contributed by atoms with Crippen molar-refractivity contribution in [2.75, 3.05) is 0 Å². The van der Waals surface area contributed by atoms with Crippen LogP contribution in [0.4, 0.5) is 5.69 Å². The standard InChI is InChI=1S/C22H18N4O3/c1-3-14-24-18-10-6-7-11-19(18)25-22(24)21(15(2)23-25)20(27)13-12-16-8-4-5-9-17(16)26(28)29/h3-13H,1,14H2,2H3/b13-12+. The molecule has 0 aliphatic rings. The van der Waals surface area contributed by atoms with Gasteiger partial charge in [-0.25, -0.2) is 4.52 Å². The maximum atomic E-state index is 13.1. The molecule has 2 heterocycles. The molecule has 0 amide bonds. The number of allylic oxidation sites excluding steroid dienone is 2. The molecule has 0 spiro atoms. The number of fused-ring (bicyclic) bond motifs is 3. The van der Waals surface area contributed by atoms with E-state index in [0.29, 0.717) is 29.0 Å². The third kappa shape index (κ3) is 3.02. The van der Waals surface area contributed by atoms with Crippen molar-refractivity contribution in [3.8, 4) is 0 Å². The van der Waals surface area contributed by atoms with Crippen LogP contribution >= 0.6 is 0 Å². The highest BCUT2D eigenvalue weighted by molar-refractivity contribution is 6.12. The van der Waals surface area contributed by atoms with Gasteiger partial charge in [0.2, 0.25) is 0 Å². The van der Waals surface area contributed by atoms with Crippen molar-refractivity contribution < 1.29 is 9.72 Å². The summed E-state index contributed by atoms with van der Waals surface area (Å²) in [7, 11) is 0. The lowest BCUT2D eigenvalue weighted by atomic mass is 10.1. The number of benzene rings is 2. The van der Waals surface area contributed by atoms with Crippen LogP contribution in [0.5, 0.6) is 0 Å². The average Bonchev–Trinajstić information content (AvgIpc) is 3.20. The molecule has 0 fully saturated rings. The second-order valence-corrected chi connectivity index (χ2v) is 6.60. The summed E-state index contributed by atoms with van der Waals surface area (Å²) in [5.41, 5.74) is 3.92. The molecule has 4 aromatic rings. The van der Waals surface area contributed by atoms with E-state index < -0.39 is 4.92 Å². The molecule has 0 bridgehead atoms. The molecule has 7 heteroatoms. The van der Waals surface area contributed by atoms with Gasteiger partial charge >= 0.3 is 0 Å². The van der Waals surface area contributed by atoms with Crippen molar-refractivity contribution in [3.63, 3.8) is 0 Å². The predicted octanol–water partition coefficient (Wildman–Crippen LogP) is 4.59. The summed E-state index contributed by atoms with van der Waals surface area (Å²) in [5.74, 6) is -0.260. The number of aromatic nitrogens is 3. The lowest BCUT2D eigenvalue weighted by Crippen LogP contribution is -2.02. The van der Waals surface area contributed by atoms with Gasteiger partial charge in [0.1, 0.15) is 5.65 Å². The van der Waals surface area contributed by atoms with Crippen LogP contribution in [0, 0.1) is 17.0 Å². The number of aryl methyl sites for hydroxylation is 1. The Hall–Kier alpha value is -4.00. The summed E-state index contributed by atoms with van der Waals surface area (Å²) >= 11 is 0. The second kappa shape index (κ2) is 7.20. The van der Waals surface area contributed by atoms with E-state index in [-0.39, 0.29) is 11.5 Å². The van der Waals surface area contributed by atoms with Crippen LogP contribution in [0.25, 0.3) is 22.8 Å². The van der Waals surface area contributed by atoms with Crippen LogP contribution in [0.2, 0.25) is 0 Å². The number of para-hydroxylation sites is 3. The number of hydrogen-bond acceptors (Lipinski definition) is 4. The van der Waals surface area contributed by atoms with E-state index in [0.717, 1.165) is 11.0 Å². The monoisotopic (exact) mass is 386 g/mol. The molecule has 0 unspecified atom stereocenters. The molecule has 2 aromatic carbocycles. The van der Waals surface area contributed by atoms with Crippen LogP contribution < -0.4 is 0 Å². The zero-order valence-corrected chi connectivity index (χ0v) is 15.8. The van der Waals surface area contributed by atoms with Gasteiger partial charge < -0.3 is 4.57 Å². The summed E-state index contributed by atoms with van der Waals surface area (Å²) < 4.78 is 3.76. The fraction of sp³-hybridized carbons (Fsp3) is 0.0909. The molecular weight excluding hydrogens is 368 g/mol. The Morgan fingerprint density at radius 2 is 1.86 bits per heavy atom. The highest BCUT2D eigenvalue weighted by Crippen LogP contribution is 2.27. The summed E-state index contributed by atoms with van der Waals surface area (Å²) in [6.07, 6.45) is 4.61. The molecule has 0 aliphatic heterocycles. The van der Waals surface area contributed by atoms with Crippen molar-refractivity contribution in [2.45, 2.75) is 13.5 Å². The Labute approximate surface area is 166 Å². The van der Waals surface area contributed by atoms with E-state index in [9.17, 15) is 14.9 Å². The van der Waals surface area contributed by atoms with E-state index in [1.807, 2.05) is 28.8 Å². The number of ketones is 1. The van der Waals surface area contributed by atoms with Crippen molar-refractivity contribution >= 4 is 34.2 Å². The van der Waals surface area contributed by atoms with Crippen LogP contribution in [-0.2, 0) is 6.54 Å². The number of hydrogen-bond donors (Lipinski definition) is 0. The molecule has 0 saturated heterocycles. The first-order valence-electron chi connectivity index (χ1n) is 9.06. The van der Waals surface area contributed by atoms with Crippen molar-refractivity contribution in [1.82, 2.24) is 14.2 Å². The third-order valence-corrected chi connectivity index (χ3v) is 4.80. The molecule has 7 nitrogen and oxygen atoms in total. The smallest absolute Gasteiger partial charge is 0.276 e. The third-order valence-electron chi connectivity index (χ3n) is 4.80. The summed E-state index contributed by atoms with van der Waals surface area (Å²) in [4.78, 5) is 23.8. The minimum atomic E-state index is -0.463. The highest BCUT2D eigenvalue weighted by Gasteiger charge is 2.22. The zero-order valence-electron chi connectivity index (χ0n) is 15.8. The largest absolute Gasteiger partial charge is 0.320 e. The minimum absolute atomic E-state index is 0.0470. The molecule has 0 N–H and O–H groups in total. The molecule has 4 rings (SSSR count). The zero-order chi connectivity index (χ0) is 20.5. The number of rotatable bonds is 6. The lowest BCUT2D eigenvalue weighted by molar-refractivity contribution is -0.385. The maximum absolute atomic E-state index is 13.1. The number of carbonyl (C=O) groups excluding carboxylic acids is 1. The van der Waals surface area contributed by atoms with Crippen LogP contribution in [0.3, 0.4) is 0 Å². The summed E-state index contributed by atoms with van der Waals surface area (Å²) in [5, 5.41) is 15.8. The summed E-state index contributed by atoms with van der Waals surface area (Å²) in [6, 6.07) is 14.1. The average molecular weight is 386 g/mol. The molecular formula is C22H18N4O3. The Bertz CT molecular complexity index is 1310. The molecule has 0 atom stereocenters. The van der Waals surface area contributed by atoms with Gasteiger partial charge in [0.15, 0.2) is 5.78 Å². The topological polar surface area (TPSA) is 82.4 Å². The normalized spacial score (nSPS) is 11.5. The van der Waals surface area contributed by atoms with E-state index in [1.54, 1.807) is 35.7 Å². The minimum Gasteiger partial charge on any atom is -0.320 e. The molecule has 29 heavy (non-hydrogen) atoms. The molecule has 144 valence electrons. The van der Waals surface area contributed by atoms with Crippen LogP contribution in [-0.4, -0.2) is 24.9 Å². The predicted molar refractivity (Wildman–Crippen MR) is 112 cm³/mol. The van der Waals surface area contributed by atoms with Crippen LogP contribution in [0.1, 0.15) is 21.6 Å². The van der Waals surface area contributed by atoms with Gasteiger partial charge in [0.05, 0.1) is 32.8 Å². The number of nitro groups is 1. The number of nitro benzene ring substituents is 1. The fourth-order valence-electron chi connectivity index (χ4n) is 3.56. The van der Waals surface area contributed by atoms with Crippen molar-refractivity contribution in [3.05, 3.63) is 94.2 Å². The Morgan fingerprint density at radius 1 is 1.17 bits per heavy atom. The molecule has 0 aliphatic carbocycles. The molecule has 0 saturated carbocycles. The van der Waals surface area contributed by atoms with E-state index in [1.165, 1.54) is 18.2 Å². The van der Waals surface area contributed by atoms with Crippen LogP contribution in [0.15, 0.2) is 67.3 Å². The Kier molecular flexibility index (Phi) is 4.56. The fourth-order valence-corrected chi connectivity index (χ4v) is 3.56. The first-order chi connectivity index (χ1) is 14.0. The van der Waals surface area contributed by atoms with Gasteiger partial charge in [-0.2, -0.15) is 5.10 Å². The summed E-state index contributed by atoms with van der Waals surface area (Å²) in [6.45, 7) is 6.13. The first kappa shape index (κ1) is 18.4. The Morgan fingerprint density at radius 3 is 2.59 bits per heavy atom. The number of nitrogens with zero attached hydrogens (tertiary/aromatic N) is 4. The van der Waals surface area contributed by atoms with Gasteiger partial charge in [-0.1, -0.05) is 30.3 Å². The van der Waals surface area contributed by atoms with E-state index in [4.69, 9.17) is 0 Å². The number of imidazole rings is 1. The van der Waals surface area contributed by atoms with E-state index in [2.05, 4.69) is 11.7 Å². The highest BCUT2D eigenvalue weighted by atomic mass is 16.6.